The molecule has 3 aliphatic rings. The zero-order valence-electron chi connectivity index (χ0n) is 14.1. The van der Waals surface area contributed by atoms with Crippen LogP contribution in [0.15, 0.2) is 55.1 Å². The number of carbonyl (C=O) groups excluding carboxylic acids is 2. The monoisotopic (exact) mass is 836 g/mol. The molecule has 0 fully saturated rings. The molecule has 0 radical (unpaired) electrons. The van der Waals surface area contributed by atoms with Crippen molar-refractivity contribution in [1.82, 2.24) is 0 Å². The Morgan fingerprint density at radius 3 is 2.45 bits per heavy atom. The predicted molar refractivity (Wildman–Crippen MR) is 138 cm³/mol. The first-order chi connectivity index (χ1) is 13.8. The number of halogens is 4. The number of ether oxygens (including phenoxy) is 2. The summed E-state index contributed by atoms with van der Waals surface area (Å²) in [5.41, 5.74) is 0.370. The molecule has 0 aromatic heterocycles. The van der Waals surface area contributed by atoms with E-state index in [1.54, 1.807) is 12.1 Å². The number of aliphatic hydroxyl groups excluding tert-OH is 1. The Morgan fingerprint density at radius 2 is 1.69 bits per heavy atom. The van der Waals surface area contributed by atoms with Crippen molar-refractivity contribution in [2.45, 2.75) is 5.60 Å². The van der Waals surface area contributed by atoms with Crippen LogP contribution in [0.1, 0.15) is 21.5 Å². The van der Waals surface area contributed by atoms with Crippen LogP contribution in [0.5, 0.6) is 5.75 Å². The van der Waals surface area contributed by atoms with E-state index >= 15 is 0 Å². The maximum Gasteiger partial charge on any atom is 0.339 e. The second-order valence-corrected chi connectivity index (χ2v) is 11.2. The molecule has 2 aromatic carbocycles. The molecule has 2 heterocycles. The average Bonchev–Trinajstić information content (AvgIpc) is 2.99. The molecule has 2 atom stereocenters. The summed E-state index contributed by atoms with van der Waals surface area (Å²) in [6.07, 6.45) is 0. The lowest BCUT2D eigenvalue weighted by Gasteiger charge is -2.43. The molecule has 1 N–H and O–H groups in total. The van der Waals surface area contributed by atoms with E-state index in [4.69, 9.17) is 9.47 Å². The van der Waals surface area contributed by atoms with Crippen molar-refractivity contribution in [1.29, 1.82) is 0 Å². The first-order valence-corrected chi connectivity index (χ1v) is 12.6. The number of carbonyl (C=O) groups is 2. The molecule has 0 bridgehead atoms. The van der Waals surface area contributed by atoms with Crippen molar-refractivity contribution < 1.29 is 24.2 Å². The molecule has 146 valence electrons. The summed E-state index contributed by atoms with van der Waals surface area (Å²) in [5.74, 6) is -0.982. The molecule has 29 heavy (non-hydrogen) atoms. The third-order valence-electron chi connectivity index (χ3n) is 5.20. The van der Waals surface area contributed by atoms with E-state index in [1.165, 1.54) is 0 Å². The first kappa shape index (κ1) is 20.5. The lowest BCUT2D eigenvalue weighted by molar-refractivity contribution is -0.126. The molecule has 0 saturated heterocycles. The number of esters is 1. The Morgan fingerprint density at radius 1 is 0.966 bits per heavy atom. The highest BCUT2D eigenvalue weighted by molar-refractivity contribution is 14.1. The van der Waals surface area contributed by atoms with Gasteiger partial charge in [0.25, 0.3) is 0 Å². The fourth-order valence-corrected chi connectivity index (χ4v) is 7.78. The van der Waals surface area contributed by atoms with Gasteiger partial charge >= 0.3 is 5.97 Å². The minimum atomic E-state index is -1.34. The van der Waals surface area contributed by atoms with E-state index in [9.17, 15) is 14.7 Å². The van der Waals surface area contributed by atoms with E-state index < -0.39 is 17.5 Å². The van der Waals surface area contributed by atoms with Crippen molar-refractivity contribution in [3.8, 4) is 5.75 Å². The lowest BCUT2D eigenvalue weighted by Crippen LogP contribution is -2.48. The van der Waals surface area contributed by atoms with Crippen molar-refractivity contribution in [2.75, 3.05) is 0 Å². The van der Waals surface area contributed by atoms with Gasteiger partial charge in [0.05, 0.1) is 16.3 Å². The maximum atomic E-state index is 13.4. The van der Waals surface area contributed by atoms with Gasteiger partial charge in [-0.05, 0) is 109 Å². The van der Waals surface area contributed by atoms with Crippen LogP contribution < -0.4 is 4.74 Å². The number of benzene rings is 2. The van der Waals surface area contributed by atoms with E-state index in [0.29, 0.717) is 31.8 Å². The number of allylic oxidation sites excluding steroid dienone is 2. The minimum Gasteiger partial charge on any atom is -0.505 e. The highest BCUT2D eigenvalue weighted by atomic mass is 127. The van der Waals surface area contributed by atoms with Crippen LogP contribution in [0.2, 0.25) is 0 Å². The summed E-state index contributed by atoms with van der Waals surface area (Å²) in [4.78, 5) is 26.3. The predicted octanol–water partition coefficient (Wildman–Crippen LogP) is 5.75. The van der Waals surface area contributed by atoms with Gasteiger partial charge in [-0.2, -0.15) is 0 Å². The number of aliphatic hydroxyl groups is 1. The van der Waals surface area contributed by atoms with Gasteiger partial charge in [-0.1, -0.05) is 18.2 Å². The number of hydrogen-bond donors (Lipinski definition) is 1. The second-order valence-electron chi connectivity index (χ2n) is 6.68. The highest BCUT2D eigenvalue weighted by Crippen LogP contribution is 2.59. The van der Waals surface area contributed by atoms with Crippen LogP contribution in [0.25, 0.3) is 0 Å². The Bertz CT molecular complexity index is 1220. The molecule has 2 aromatic rings. The molecule has 5 nitrogen and oxygen atoms in total. The third kappa shape index (κ3) is 2.71. The Hall–Kier alpha value is -0.420. The van der Waals surface area contributed by atoms with Gasteiger partial charge in [0, 0.05) is 14.7 Å². The smallest absolute Gasteiger partial charge is 0.339 e. The number of fused-ring (bicyclic) bond motifs is 6. The van der Waals surface area contributed by atoms with Crippen molar-refractivity contribution in [3.05, 3.63) is 78.9 Å². The summed E-state index contributed by atoms with van der Waals surface area (Å²) < 4.78 is 14.7. The molecule has 1 aliphatic carbocycles. The van der Waals surface area contributed by atoms with Crippen LogP contribution in [0, 0.1) is 13.1 Å². The van der Waals surface area contributed by atoms with Gasteiger partial charge in [0.15, 0.2) is 11.4 Å². The van der Waals surface area contributed by atoms with Crippen LogP contribution in [0.3, 0.4) is 0 Å². The van der Waals surface area contributed by atoms with Crippen LogP contribution in [0.4, 0.5) is 0 Å². The standard InChI is InChI=1S/C20H8I4O5/c21-7-5-10-17(11(22)6-7)28-18-12(15(25)13(23)16(26)14(18)24)20(10)9-4-2-1-3-8(9)19(27)29-20/h1-6,12,26H. The molecule has 2 aliphatic heterocycles. The second kappa shape index (κ2) is 7.05. The molecule has 5 rings (SSSR count). The lowest BCUT2D eigenvalue weighted by atomic mass is 9.70. The van der Waals surface area contributed by atoms with E-state index in [1.807, 2.05) is 69.4 Å². The van der Waals surface area contributed by atoms with E-state index in [-0.39, 0.29) is 15.1 Å². The third-order valence-corrected chi connectivity index (χ3v) is 8.71. The van der Waals surface area contributed by atoms with Gasteiger partial charge in [0.2, 0.25) is 0 Å². The summed E-state index contributed by atoms with van der Waals surface area (Å²) in [6.45, 7) is 0. The van der Waals surface area contributed by atoms with Gasteiger partial charge < -0.3 is 14.6 Å². The number of Topliss-reactive ketones (excluding diaryl/α,β-unsaturated/α-hetero) is 1. The van der Waals surface area contributed by atoms with Crippen LogP contribution in [-0.2, 0) is 15.1 Å². The molecular weight excluding hydrogens is 828 g/mol. The molecule has 0 saturated carbocycles. The normalized spacial score (nSPS) is 24.9. The number of rotatable bonds is 0. The van der Waals surface area contributed by atoms with Crippen molar-refractivity contribution >= 4 is 102 Å². The summed E-state index contributed by atoms with van der Waals surface area (Å²) in [6, 6.07) is 11.0. The Kier molecular flexibility index (Phi) is 4.98. The van der Waals surface area contributed by atoms with Crippen molar-refractivity contribution in [3.63, 3.8) is 0 Å². The minimum absolute atomic E-state index is 0.112. The Labute approximate surface area is 219 Å². The number of hydrogen-bond acceptors (Lipinski definition) is 5. The quantitative estimate of drug-likeness (QED) is 0.271. The SMILES string of the molecule is O=C1OC2(c3ccccc31)c1cc(I)cc(I)c1OC1=C(I)C(O)=C(I)C(=O)C12. The summed E-state index contributed by atoms with van der Waals surface area (Å²) in [7, 11) is 0. The zero-order chi connectivity index (χ0) is 20.7. The van der Waals surface area contributed by atoms with Crippen molar-refractivity contribution in [2.24, 2.45) is 5.92 Å². The molecule has 2 unspecified atom stereocenters. The first-order valence-electron chi connectivity index (χ1n) is 8.30. The maximum absolute atomic E-state index is 13.4. The van der Waals surface area contributed by atoms with Gasteiger partial charge in [-0.15, -0.1) is 0 Å². The fraction of sp³-hybridized carbons (Fsp3) is 0.100. The molecule has 1 spiro atoms. The van der Waals surface area contributed by atoms with Crippen LogP contribution >= 0.6 is 90.4 Å². The zero-order valence-corrected chi connectivity index (χ0v) is 22.8. The summed E-state index contributed by atoms with van der Waals surface area (Å²) >= 11 is 8.20. The van der Waals surface area contributed by atoms with E-state index in [0.717, 1.165) is 7.14 Å². The Balaban J connectivity index is 1.95. The van der Waals surface area contributed by atoms with Gasteiger partial charge in [0.1, 0.15) is 23.2 Å². The molecular formula is C20H8I4O5. The summed E-state index contributed by atoms with van der Waals surface area (Å²) in [5, 5.41) is 10.5. The number of ketones is 1. The average molecular weight is 836 g/mol. The van der Waals surface area contributed by atoms with Gasteiger partial charge in [-0.25, -0.2) is 4.79 Å². The topological polar surface area (TPSA) is 72.8 Å². The molecule has 0 amide bonds. The fourth-order valence-electron chi connectivity index (χ4n) is 4.04. The molecule has 9 heteroatoms. The largest absolute Gasteiger partial charge is 0.505 e. The highest BCUT2D eigenvalue weighted by Gasteiger charge is 2.62. The van der Waals surface area contributed by atoms with Gasteiger partial charge in [-0.3, -0.25) is 4.79 Å². The van der Waals surface area contributed by atoms with Crippen LogP contribution in [-0.4, -0.2) is 16.9 Å². The van der Waals surface area contributed by atoms with E-state index in [2.05, 4.69) is 45.2 Å².